The fourth-order valence-corrected chi connectivity index (χ4v) is 2.51. The van der Waals surface area contributed by atoms with E-state index in [1.54, 1.807) is 25.1 Å². The predicted octanol–water partition coefficient (Wildman–Crippen LogP) is 1.53. The minimum absolute atomic E-state index is 0.100. The van der Waals surface area contributed by atoms with Gasteiger partial charge in [0, 0.05) is 5.56 Å². The zero-order chi connectivity index (χ0) is 11.6. The van der Waals surface area contributed by atoms with Crippen LogP contribution in [-0.2, 0) is 19.3 Å². The first-order valence-electron chi connectivity index (χ1n) is 5.19. The Bertz CT molecular complexity index is 461. The number of hydrogen-bond donors (Lipinski definition) is 0. The fourth-order valence-electron chi connectivity index (χ4n) is 1.57. The van der Waals surface area contributed by atoms with Gasteiger partial charge in [-0.25, -0.2) is 8.42 Å². The van der Waals surface area contributed by atoms with Crippen molar-refractivity contribution in [2.75, 3.05) is 19.0 Å². The van der Waals surface area contributed by atoms with Gasteiger partial charge in [-0.3, -0.25) is 0 Å². The highest BCUT2D eigenvalue weighted by Crippen LogP contribution is 2.25. The van der Waals surface area contributed by atoms with Crippen molar-refractivity contribution < 1.29 is 17.9 Å². The van der Waals surface area contributed by atoms with Crippen LogP contribution in [0.3, 0.4) is 0 Å². The van der Waals surface area contributed by atoms with E-state index in [9.17, 15) is 8.42 Å². The summed E-state index contributed by atoms with van der Waals surface area (Å²) in [6.07, 6.45) is -0.424. The first-order valence-corrected chi connectivity index (χ1v) is 6.84. The van der Waals surface area contributed by atoms with Gasteiger partial charge in [0.1, 0.15) is 0 Å². The van der Waals surface area contributed by atoms with Crippen LogP contribution in [0.15, 0.2) is 29.2 Å². The average molecular weight is 242 g/mol. The van der Waals surface area contributed by atoms with Crippen molar-refractivity contribution >= 4 is 9.84 Å². The van der Waals surface area contributed by atoms with E-state index in [1.807, 2.05) is 6.07 Å². The maximum atomic E-state index is 11.7. The first-order chi connectivity index (χ1) is 7.63. The van der Waals surface area contributed by atoms with Crippen LogP contribution in [0.4, 0.5) is 0 Å². The molecule has 0 bridgehead atoms. The number of rotatable bonds is 3. The van der Waals surface area contributed by atoms with Gasteiger partial charge in [0.05, 0.1) is 23.9 Å². The van der Waals surface area contributed by atoms with Gasteiger partial charge in [-0.1, -0.05) is 19.1 Å². The van der Waals surface area contributed by atoms with Crippen LogP contribution < -0.4 is 0 Å². The fraction of sp³-hybridized carbons (Fsp3) is 0.455. The van der Waals surface area contributed by atoms with Gasteiger partial charge in [-0.15, -0.1) is 0 Å². The predicted molar refractivity (Wildman–Crippen MR) is 58.8 cm³/mol. The third-order valence-corrected chi connectivity index (χ3v) is 4.22. The van der Waals surface area contributed by atoms with Crippen LogP contribution in [-0.4, -0.2) is 27.4 Å². The van der Waals surface area contributed by atoms with E-state index < -0.39 is 16.1 Å². The summed E-state index contributed by atoms with van der Waals surface area (Å²) in [6.45, 7) is 2.73. The van der Waals surface area contributed by atoms with Gasteiger partial charge in [0.25, 0.3) is 0 Å². The lowest BCUT2D eigenvalue weighted by molar-refractivity contribution is -0.0442. The Hall–Kier alpha value is -0.910. The molecule has 1 aliphatic rings. The van der Waals surface area contributed by atoms with E-state index in [2.05, 4.69) is 0 Å². The van der Waals surface area contributed by atoms with Gasteiger partial charge in [0.15, 0.2) is 16.1 Å². The molecule has 5 heteroatoms. The van der Waals surface area contributed by atoms with E-state index in [0.717, 1.165) is 5.56 Å². The van der Waals surface area contributed by atoms with E-state index in [1.165, 1.54) is 0 Å². The molecule has 0 amide bonds. The maximum Gasteiger partial charge on any atom is 0.184 e. The van der Waals surface area contributed by atoms with Crippen LogP contribution in [0.25, 0.3) is 0 Å². The van der Waals surface area contributed by atoms with Gasteiger partial charge in [0.2, 0.25) is 0 Å². The lowest BCUT2D eigenvalue weighted by atomic mass is 10.2. The average Bonchev–Trinajstić information content (AvgIpc) is 2.83. The van der Waals surface area contributed by atoms with E-state index in [4.69, 9.17) is 9.47 Å². The van der Waals surface area contributed by atoms with Crippen LogP contribution >= 0.6 is 0 Å². The van der Waals surface area contributed by atoms with Gasteiger partial charge >= 0.3 is 0 Å². The summed E-state index contributed by atoms with van der Waals surface area (Å²) in [5, 5.41) is 0. The van der Waals surface area contributed by atoms with Crippen LogP contribution in [0.1, 0.15) is 18.8 Å². The van der Waals surface area contributed by atoms with E-state index >= 15 is 0 Å². The van der Waals surface area contributed by atoms with Crippen molar-refractivity contribution in [3.8, 4) is 0 Å². The van der Waals surface area contributed by atoms with Crippen LogP contribution in [0, 0.1) is 0 Å². The summed E-state index contributed by atoms with van der Waals surface area (Å²) in [6, 6.07) is 6.74. The van der Waals surface area contributed by atoms with Gasteiger partial charge in [-0.05, 0) is 12.1 Å². The molecule has 2 rings (SSSR count). The molecule has 0 saturated carbocycles. The molecule has 0 aromatic heterocycles. The second-order valence-electron chi connectivity index (χ2n) is 3.55. The molecule has 0 spiro atoms. The SMILES string of the molecule is CCS(=O)(=O)c1cccc(C2OCCO2)c1. The van der Waals surface area contributed by atoms with Gasteiger partial charge in [-0.2, -0.15) is 0 Å². The molecule has 1 fully saturated rings. The smallest absolute Gasteiger partial charge is 0.184 e. The quantitative estimate of drug-likeness (QED) is 0.806. The first kappa shape index (κ1) is 11.6. The van der Waals surface area contributed by atoms with Crippen molar-refractivity contribution in [2.24, 2.45) is 0 Å². The standard InChI is InChI=1S/C11H14O4S/c1-2-16(12,13)10-5-3-4-9(8-10)11-14-6-7-15-11/h3-5,8,11H,2,6-7H2,1H3. The van der Waals surface area contributed by atoms with E-state index in [0.29, 0.717) is 18.1 Å². The Morgan fingerprint density at radius 3 is 2.62 bits per heavy atom. The zero-order valence-electron chi connectivity index (χ0n) is 9.05. The third-order valence-electron chi connectivity index (χ3n) is 2.49. The summed E-state index contributed by atoms with van der Waals surface area (Å²) in [7, 11) is -3.16. The summed E-state index contributed by atoms with van der Waals surface area (Å²) in [4.78, 5) is 0.326. The normalized spacial score (nSPS) is 17.8. The highest BCUT2D eigenvalue weighted by Gasteiger charge is 2.20. The lowest BCUT2D eigenvalue weighted by Crippen LogP contribution is -2.05. The Labute approximate surface area is 95.1 Å². The zero-order valence-corrected chi connectivity index (χ0v) is 9.87. The van der Waals surface area contributed by atoms with Gasteiger partial charge < -0.3 is 9.47 Å². The van der Waals surface area contributed by atoms with Crippen molar-refractivity contribution in [3.63, 3.8) is 0 Å². The third kappa shape index (κ3) is 2.26. The summed E-state index contributed by atoms with van der Waals surface area (Å²) >= 11 is 0. The van der Waals surface area contributed by atoms with Crippen molar-refractivity contribution in [3.05, 3.63) is 29.8 Å². The second kappa shape index (κ2) is 4.53. The number of hydrogen-bond acceptors (Lipinski definition) is 4. The molecule has 16 heavy (non-hydrogen) atoms. The molecule has 0 atom stereocenters. The lowest BCUT2D eigenvalue weighted by Gasteiger charge is -2.10. The number of benzene rings is 1. The minimum Gasteiger partial charge on any atom is -0.346 e. The molecule has 1 heterocycles. The van der Waals surface area contributed by atoms with E-state index in [-0.39, 0.29) is 5.75 Å². The Kier molecular flexibility index (Phi) is 3.28. The van der Waals surface area contributed by atoms with Crippen LogP contribution in [0.2, 0.25) is 0 Å². The molecule has 1 aromatic carbocycles. The Morgan fingerprint density at radius 1 is 1.31 bits per heavy atom. The molecular weight excluding hydrogens is 228 g/mol. The Morgan fingerprint density at radius 2 is 2.00 bits per heavy atom. The number of sulfone groups is 1. The highest BCUT2D eigenvalue weighted by molar-refractivity contribution is 7.91. The number of ether oxygens (including phenoxy) is 2. The molecule has 88 valence electrons. The molecule has 4 nitrogen and oxygen atoms in total. The topological polar surface area (TPSA) is 52.6 Å². The summed E-state index contributed by atoms with van der Waals surface area (Å²) in [5.74, 6) is 0.100. The molecule has 1 saturated heterocycles. The monoisotopic (exact) mass is 242 g/mol. The highest BCUT2D eigenvalue weighted by atomic mass is 32.2. The molecule has 0 aliphatic carbocycles. The molecule has 1 aromatic rings. The molecule has 0 unspecified atom stereocenters. The van der Waals surface area contributed by atoms with Crippen molar-refractivity contribution in [2.45, 2.75) is 18.1 Å². The molecule has 0 radical (unpaired) electrons. The second-order valence-corrected chi connectivity index (χ2v) is 5.83. The van der Waals surface area contributed by atoms with Crippen molar-refractivity contribution in [1.29, 1.82) is 0 Å². The Balaban J connectivity index is 2.33. The maximum absolute atomic E-state index is 11.7. The summed E-state index contributed by atoms with van der Waals surface area (Å²) < 4.78 is 34.0. The van der Waals surface area contributed by atoms with Crippen molar-refractivity contribution in [1.82, 2.24) is 0 Å². The minimum atomic E-state index is -3.16. The molecular formula is C11H14O4S. The molecule has 1 aliphatic heterocycles. The summed E-state index contributed by atoms with van der Waals surface area (Å²) in [5.41, 5.74) is 0.757. The molecule has 0 N–H and O–H groups in total. The van der Waals surface area contributed by atoms with Crippen LogP contribution in [0.5, 0.6) is 0 Å². The largest absolute Gasteiger partial charge is 0.346 e.